The van der Waals surface area contributed by atoms with E-state index in [0.717, 1.165) is 5.69 Å². The van der Waals surface area contributed by atoms with Gasteiger partial charge in [0.15, 0.2) is 0 Å². The summed E-state index contributed by atoms with van der Waals surface area (Å²) in [4.78, 5) is 18.2. The minimum atomic E-state index is -4.77. The number of amides is 1. The Morgan fingerprint density at radius 3 is 2.87 bits per heavy atom. The van der Waals surface area contributed by atoms with E-state index in [1.807, 2.05) is 19.1 Å². The number of pyridine rings is 1. The number of rotatable bonds is 6. The second-order valence-corrected chi connectivity index (χ2v) is 6.68. The number of nitrogens with zero attached hydrogens (tertiary/aromatic N) is 2. The Kier molecular flexibility index (Phi) is 6.94. The predicted octanol–water partition coefficient (Wildman–Crippen LogP) is 3.61. The van der Waals surface area contributed by atoms with E-state index in [1.165, 1.54) is 30.4 Å². The van der Waals surface area contributed by atoms with Gasteiger partial charge in [-0.2, -0.15) is 0 Å². The molecule has 1 atom stereocenters. The Hall–Kier alpha value is -3.07. The maximum Gasteiger partial charge on any atom is 0.573 e. The third kappa shape index (κ3) is 6.77. The molecule has 1 aliphatic heterocycles. The van der Waals surface area contributed by atoms with E-state index in [1.54, 1.807) is 17.2 Å². The molecule has 0 bridgehead atoms. The lowest BCUT2D eigenvalue weighted by Crippen LogP contribution is -2.47. The summed E-state index contributed by atoms with van der Waals surface area (Å²) in [6, 6.07) is 9.07. The molecule has 0 N–H and O–H groups in total. The first-order chi connectivity index (χ1) is 14.3. The van der Waals surface area contributed by atoms with E-state index in [4.69, 9.17) is 9.47 Å². The number of benzene rings is 1. The van der Waals surface area contributed by atoms with Crippen LogP contribution in [-0.4, -0.2) is 54.6 Å². The summed E-state index contributed by atoms with van der Waals surface area (Å²) in [7, 11) is 0. The number of morpholine rings is 1. The van der Waals surface area contributed by atoms with Crippen LogP contribution in [0.5, 0.6) is 11.5 Å². The summed E-state index contributed by atoms with van der Waals surface area (Å²) in [5, 5.41) is 0. The average Bonchev–Trinajstić information content (AvgIpc) is 2.71. The van der Waals surface area contributed by atoms with Crippen LogP contribution in [0.4, 0.5) is 13.2 Å². The maximum absolute atomic E-state index is 12.5. The molecule has 1 aliphatic rings. The molecule has 0 spiro atoms. The molecule has 1 saturated heterocycles. The lowest BCUT2D eigenvalue weighted by atomic mass is 10.2. The third-order valence-corrected chi connectivity index (χ3v) is 4.28. The number of aromatic nitrogens is 1. The van der Waals surface area contributed by atoms with Crippen molar-refractivity contribution in [3.05, 3.63) is 59.9 Å². The van der Waals surface area contributed by atoms with Crippen LogP contribution in [-0.2, 0) is 9.53 Å². The smallest absolute Gasteiger partial charge is 0.489 e. The third-order valence-electron chi connectivity index (χ3n) is 4.28. The number of hydrogen-bond donors (Lipinski definition) is 0. The second kappa shape index (κ2) is 9.62. The quantitative estimate of drug-likeness (QED) is 0.666. The number of aryl methyl sites for hydroxylation is 1. The minimum absolute atomic E-state index is 0.262. The lowest BCUT2D eigenvalue weighted by molar-refractivity contribution is -0.274. The molecule has 1 unspecified atom stereocenters. The highest BCUT2D eigenvalue weighted by Gasteiger charge is 2.31. The zero-order valence-corrected chi connectivity index (χ0v) is 16.3. The van der Waals surface area contributed by atoms with Crippen molar-refractivity contribution in [1.82, 2.24) is 9.88 Å². The molecule has 0 aliphatic carbocycles. The van der Waals surface area contributed by atoms with E-state index < -0.39 is 6.36 Å². The van der Waals surface area contributed by atoms with Crippen molar-refractivity contribution in [3.63, 3.8) is 0 Å². The predicted molar refractivity (Wildman–Crippen MR) is 103 cm³/mol. The molecule has 9 heteroatoms. The van der Waals surface area contributed by atoms with E-state index in [9.17, 15) is 18.0 Å². The zero-order valence-electron chi connectivity index (χ0n) is 16.3. The lowest BCUT2D eigenvalue weighted by Gasteiger charge is -2.32. The first-order valence-electron chi connectivity index (χ1n) is 9.28. The fourth-order valence-corrected chi connectivity index (χ4v) is 2.84. The first-order valence-corrected chi connectivity index (χ1v) is 9.28. The van der Waals surface area contributed by atoms with Crippen molar-refractivity contribution in [2.75, 3.05) is 26.3 Å². The highest BCUT2D eigenvalue weighted by Crippen LogP contribution is 2.23. The maximum atomic E-state index is 12.5. The number of hydrogen-bond acceptors (Lipinski definition) is 5. The van der Waals surface area contributed by atoms with Gasteiger partial charge in [-0.3, -0.25) is 9.78 Å². The molecular weight excluding hydrogens is 401 g/mol. The van der Waals surface area contributed by atoms with Crippen molar-refractivity contribution in [3.8, 4) is 11.5 Å². The summed E-state index contributed by atoms with van der Waals surface area (Å²) < 4.78 is 52.2. The van der Waals surface area contributed by atoms with E-state index in [-0.39, 0.29) is 24.4 Å². The van der Waals surface area contributed by atoms with Gasteiger partial charge < -0.3 is 19.1 Å². The molecule has 1 fully saturated rings. The number of ether oxygens (including phenoxy) is 3. The molecular formula is C21H21F3N2O4. The van der Waals surface area contributed by atoms with Crippen LogP contribution in [0.15, 0.2) is 48.7 Å². The SMILES string of the molecule is Cc1ccc(OCC2CN(C(=O)/C=C/c3cccc(OC(F)(F)F)c3)CCO2)cn1. The molecule has 6 nitrogen and oxygen atoms in total. The van der Waals surface area contributed by atoms with E-state index in [2.05, 4.69) is 9.72 Å². The van der Waals surface area contributed by atoms with Gasteiger partial charge in [0.2, 0.25) is 5.91 Å². The van der Waals surface area contributed by atoms with E-state index in [0.29, 0.717) is 31.0 Å². The van der Waals surface area contributed by atoms with Crippen molar-refractivity contribution in [2.45, 2.75) is 19.4 Å². The van der Waals surface area contributed by atoms with Crippen LogP contribution >= 0.6 is 0 Å². The van der Waals surface area contributed by atoms with Crippen LogP contribution in [0.25, 0.3) is 6.08 Å². The zero-order chi connectivity index (χ0) is 21.6. The average molecular weight is 422 g/mol. The molecule has 30 heavy (non-hydrogen) atoms. The largest absolute Gasteiger partial charge is 0.573 e. The molecule has 1 aromatic heterocycles. The van der Waals surface area contributed by atoms with Gasteiger partial charge in [0, 0.05) is 18.3 Å². The van der Waals surface area contributed by atoms with Gasteiger partial charge in [-0.05, 0) is 42.8 Å². The number of carbonyl (C=O) groups excluding carboxylic acids is 1. The summed E-state index contributed by atoms with van der Waals surface area (Å²) in [5.74, 6) is 0.0160. The Morgan fingerprint density at radius 2 is 2.13 bits per heavy atom. The van der Waals surface area contributed by atoms with Gasteiger partial charge >= 0.3 is 6.36 Å². The van der Waals surface area contributed by atoms with Crippen LogP contribution in [0.1, 0.15) is 11.3 Å². The normalized spacial score (nSPS) is 17.2. The van der Waals surface area contributed by atoms with Gasteiger partial charge in [0.25, 0.3) is 0 Å². The standard InChI is InChI=1S/C21H21F3N2O4/c1-15-5-7-18(12-25-15)29-14-19-13-26(9-10-28-19)20(27)8-6-16-3-2-4-17(11-16)30-21(22,23)24/h2-8,11-12,19H,9-10,13-14H2,1H3/b8-6+. The van der Waals surface area contributed by atoms with Gasteiger partial charge in [0.05, 0.1) is 19.3 Å². The molecule has 3 rings (SSSR count). The van der Waals surface area contributed by atoms with Crippen LogP contribution in [0, 0.1) is 6.92 Å². The monoisotopic (exact) mass is 422 g/mol. The molecule has 0 radical (unpaired) electrons. The van der Waals surface area contributed by atoms with Crippen LogP contribution in [0.3, 0.4) is 0 Å². The Bertz CT molecular complexity index is 885. The highest BCUT2D eigenvalue weighted by atomic mass is 19.4. The first kappa shape index (κ1) is 21.6. The molecule has 1 amide bonds. The molecule has 160 valence electrons. The van der Waals surface area contributed by atoms with Gasteiger partial charge in [-0.15, -0.1) is 13.2 Å². The van der Waals surface area contributed by atoms with Crippen LogP contribution < -0.4 is 9.47 Å². The second-order valence-electron chi connectivity index (χ2n) is 6.68. The number of carbonyl (C=O) groups is 1. The summed E-state index contributed by atoms with van der Waals surface area (Å²) >= 11 is 0. The van der Waals surface area contributed by atoms with Crippen LogP contribution in [0.2, 0.25) is 0 Å². The van der Waals surface area contributed by atoms with Gasteiger partial charge in [-0.1, -0.05) is 12.1 Å². The van der Waals surface area contributed by atoms with Gasteiger partial charge in [-0.25, -0.2) is 0 Å². The minimum Gasteiger partial charge on any atom is -0.489 e. The molecule has 0 saturated carbocycles. The van der Waals surface area contributed by atoms with Crippen molar-refractivity contribution < 1.29 is 32.2 Å². The fourth-order valence-electron chi connectivity index (χ4n) is 2.84. The fraction of sp³-hybridized carbons (Fsp3) is 0.333. The van der Waals surface area contributed by atoms with Crippen molar-refractivity contribution in [2.24, 2.45) is 0 Å². The summed E-state index contributed by atoms with van der Waals surface area (Å²) in [6.07, 6.45) is -0.663. The molecule has 1 aromatic carbocycles. The van der Waals surface area contributed by atoms with Crippen molar-refractivity contribution in [1.29, 1.82) is 0 Å². The summed E-state index contributed by atoms with van der Waals surface area (Å²) in [5.41, 5.74) is 1.31. The Labute approximate surface area is 171 Å². The van der Waals surface area contributed by atoms with Crippen molar-refractivity contribution >= 4 is 12.0 Å². The molecule has 2 heterocycles. The summed E-state index contributed by atoms with van der Waals surface area (Å²) in [6.45, 7) is 3.29. The number of halogens is 3. The highest BCUT2D eigenvalue weighted by molar-refractivity contribution is 5.91. The van der Waals surface area contributed by atoms with E-state index >= 15 is 0 Å². The number of alkyl halides is 3. The Morgan fingerprint density at radius 1 is 1.30 bits per heavy atom. The Balaban J connectivity index is 1.53. The molecule has 2 aromatic rings. The topological polar surface area (TPSA) is 60.9 Å². The van der Waals surface area contributed by atoms with Gasteiger partial charge in [0.1, 0.15) is 24.2 Å².